The molecule has 0 radical (unpaired) electrons. The first kappa shape index (κ1) is 30.8. The van der Waals surface area contributed by atoms with Crippen molar-refractivity contribution in [3.63, 3.8) is 0 Å². The average molecular weight is 797 g/mol. The van der Waals surface area contributed by atoms with Gasteiger partial charge in [0.2, 0.25) is 0 Å². The van der Waals surface area contributed by atoms with E-state index in [9.17, 15) is 19.8 Å². The Labute approximate surface area is 292 Å². The smallest absolute Gasteiger partial charge is 0.303 e. The Morgan fingerprint density at radius 3 is 1.29 bits per heavy atom. The molecule has 7 rings (SSSR count). The van der Waals surface area contributed by atoms with E-state index in [-0.39, 0.29) is 12.8 Å². The summed E-state index contributed by atoms with van der Waals surface area (Å²) in [4.78, 5) is 31.0. The van der Waals surface area contributed by atoms with Gasteiger partial charge in [-0.1, -0.05) is 24.3 Å². The highest BCUT2D eigenvalue weighted by molar-refractivity contribution is 9.11. The Morgan fingerprint density at radius 1 is 0.533 bits per heavy atom. The second kappa shape index (κ2) is 12.4. The minimum Gasteiger partial charge on any atom is -0.481 e. The van der Waals surface area contributed by atoms with Gasteiger partial charge in [0.25, 0.3) is 0 Å². The number of carbonyl (C=O) groups is 2. The fourth-order valence-corrected chi connectivity index (χ4v) is 11.2. The molecule has 1 aliphatic carbocycles. The van der Waals surface area contributed by atoms with Crippen LogP contribution < -0.4 is 0 Å². The number of halogens is 2. The third-order valence-corrected chi connectivity index (χ3v) is 14.2. The van der Waals surface area contributed by atoms with Crippen LogP contribution >= 0.6 is 77.2 Å². The van der Waals surface area contributed by atoms with Crippen molar-refractivity contribution >= 4 is 89.1 Å². The Bertz CT molecular complexity index is 1930. The molecule has 0 bridgehead atoms. The highest BCUT2D eigenvalue weighted by Crippen LogP contribution is 2.56. The van der Waals surface area contributed by atoms with E-state index in [0.717, 1.165) is 50.7 Å². The van der Waals surface area contributed by atoms with Gasteiger partial charge in [0.1, 0.15) is 0 Å². The van der Waals surface area contributed by atoms with Crippen molar-refractivity contribution in [1.82, 2.24) is 0 Å². The highest BCUT2D eigenvalue weighted by Gasteiger charge is 2.44. The number of aliphatic carboxylic acids is 2. The van der Waals surface area contributed by atoms with Crippen molar-refractivity contribution in [2.24, 2.45) is 0 Å². The van der Waals surface area contributed by atoms with E-state index in [4.69, 9.17) is 0 Å². The monoisotopic (exact) mass is 794 g/mol. The van der Waals surface area contributed by atoms with E-state index in [1.807, 2.05) is 0 Å². The molecule has 0 atom stereocenters. The molecule has 226 valence electrons. The van der Waals surface area contributed by atoms with Crippen molar-refractivity contribution in [1.29, 1.82) is 0 Å². The molecule has 0 aliphatic heterocycles. The molecule has 2 aromatic carbocycles. The first-order valence-corrected chi connectivity index (χ1v) is 19.0. The zero-order chi connectivity index (χ0) is 31.3. The molecule has 4 heterocycles. The second-order valence-corrected chi connectivity index (χ2v) is 18.0. The van der Waals surface area contributed by atoms with Crippen LogP contribution in [0, 0.1) is 0 Å². The van der Waals surface area contributed by atoms with Crippen molar-refractivity contribution in [3.05, 3.63) is 104 Å². The van der Waals surface area contributed by atoms with Crippen LogP contribution in [-0.4, -0.2) is 22.2 Å². The Balaban J connectivity index is 1.34. The standard InChI is InChI=1S/C35H24Br2O4S4/c36-31-11-9-29(44-31)27-7-5-25(42-27)19-1-3-21-22-4-2-20(26-6-8-28(43-26)30-10-12-32(37)45-30)18-24(22)35(23(21)17-19,15-13-33(38)39)16-14-34(40)41/h1-12,17-18H,13-16H2,(H,38,39)(H,40,41). The summed E-state index contributed by atoms with van der Waals surface area (Å²) in [6.07, 6.45) is 0.528. The lowest BCUT2D eigenvalue weighted by atomic mass is 9.70. The summed E-state index contributed by atoms with van der Waals surface area (Å²) in [6.45, 7) is 0. The Kier molecular flexibility index (Phi) is 8.47. The van der Waals surface area contributed by atoms with Crippen molar-refractivity contribution in [2.75, 3.05) is 0 Å². The van der Waals surface area contributed by atoms with Gasteiger partial charge in [-0.05, 0) is 139 Å². The molecule has 10 heteroatoms. The summed E-state index contributed by atoms with van der Waals surface area (Å²) in [7, 11) is 0. The lowest BCUT2D eigenvalue weighted by Gasteiger charge is -2.32. The van der Waals surface area contributed by atoms with Crippen LogP contribution in [0.2, 0.25) is 0 Å². The molecule has 6 aromatic rings. The van der Waals surface area contributed by atoms with Crippen molar-refractivity contribution in [2.45, 2.75) is 31.1 Å². The summed E-state index contributed by atoms with van der Waals surface area (Å²) >= 11 is 14.0. The lowest BCUT2D eigenvalue weighted by Crippen LogP contribution is -2.27. The van der Waals surface area contributed by atoms with Gasteiger partial charge in [-0.2, -0.15) is 0 Å². The molecule has 4 nitrogen and oxygen atoms in total. The number of fused-ring (bicyclic) bond motifs is 3. The topological polar surface area (TPSA) is 74.6 Å². The van der Waals surface area contributed by atoms with Crippen LogP contribution in [0.3, 0.4) is 0 Å². The largest absolute Gasteiger partial charge is 0.481 e. The van der Waals surface area contributed by atoms with Gasteiger partial charge in [-0.3, -0.25) is 9.59 Å². The van der Waals surface area contributed by atoms with Gasteiger partial charge in [-0.15, -0.1) is 45.3 Å². The summed E-state index contributed by atoms with van der Waals surface area (Å²) in [5, 5.41) is 19.7. The molecule has 0 unspecified atom stereocenters. The summed E-state index contributed by atoms with van der Waals surface area (Å²) in [5.41, 5.74) is 5.47. The molecule has 0 saturated carbocycles. The fraction of sp³-hybridized carbons (Fsp3) is 0.143. The molecule has 1 aliphatic rings. The van der Waals surface area contributed by atoms with Gasteiger partial charge in [-0.25, -0.2) is 0 Å². The highest BCUT2D eigenvalue weighted by atomic mass is 79.9. The van der Waals surface area contributed by atoms with E-state index >= 15 is 0 Å². The number of carboxylic acid groups (broad SMARTS) is 2. The molecule has 45 heavy (non-hydrogen) atoms. The number of benzene rings is 2. The molecule has 0 fully saturated rings. The third-order valence-electron chi connectivity index (χ3n) is 8.30. The van der Waals surface area contributed by atoms with Crippen LogP contribution in [0.4, 0.5) is 0 Å². The van der Waals surface area contributed by atoms with E-state index in [2.05, 4.69) is 117 Å². The minimum atomic E-state index is -0.887. The van der Waals surface area contributed by atoms with Crippen LogP contribution in [0.1, 0.15) is 36.8 Å². The fourth-order valence-electron chi connectivity index (χ4n) is 6.25. The number of thiophene rings is 4. The predicted octanol–water partition coefficient (Wildman–Crippen LogP) is 12.1. The van der Waals surface area contributed by atoms with Gasteiger partial charge in [0, 0.05) is 47.5 Å². The molecule has 4 aromatic heterocycles. The first-order valence-electron chi connectivity index (χ1n) is 14.1. The number of carboxylic acids is 2. The van der Waals surface area contributed by atoms with Crippen LogP contribution in [0.25, 0.3) is 51.5 Å². The van der Waals surface area contributed by atoms with Crippen LogP contribution in [0.5, 0.6) is 0 Å². The predicted molar refractivity (Wildman–Crippen MR) is 195 cm³/mol. The Morgan fingerprint density at radius 2 is 0.911 bits per heavy atom. The van der Waals surface area contributed by atoms with Gasteiger partial charge >= 0.3 is 11.9 Å². The number of hydrogen-bond acceptors (Lipinski definition) is 6. The number of rotatable bonds is 10. The molecule has 2 N–H and O–H groups in total. The second-order valence-electron chi connectivity index (χ2n) is 10.9. The summed E-state index contributed by atoms with van der Waals surface area (Å²) in [5.74, 6) is -1.77. The normalized spacial score (nSPS) is 13.1. The number of hydrogen-bond donors (Lipinski definition) is 2. The molecular weight excluding hydrogens is 772 g/mol. The molecule has 0 saturated heterocycles. The molecule has 0 spiro atoms. The molecular formula is C35H24Br2O4S4. The van der Waals surface area contributed by atoms with E-state index < -0.39 is 17.4 Å². The third kappa shape index (κ3) is 5.92. The maximum absolute atomic E-state index is 12.0. The van der Waals surface area contributed by atoms with E-state index in [1.54, 1.807) is 45.3 Å². The van der Waals surface area contributed by atoms with Crippen LogP contribution in [-0.2, 0) is 15.0 Å². The Hall–Kier alpha value is -2.86. The van der Waals surface area contributed by atoms with Gasteiger partial charge < -0.3 is 10.2 Å². The zero-order valence-corrected chi connectivity index (χ0v) is 29.9. The SMILES string of the molecule is O=C(O)CCC1(CCC(=O)O)c2cc(-c3ccc(-c4ccc(Br)s4)s3)ccc2-c2ccc(-c3ccc(-c4ccc(Br)s4)s3)cc21. The van der Waals surface area contributed by atoms with E-state index in [1.165, 1.54) is 19.5 Å². The van der Waals surface area contributed by atoms with Crippen molar-refractivity contribution < 1.29 is 19.8 Å². The first-order chi connectivity index (χ1) is 21.7. The maximum atomic E-state index is 12.0. The van der Waals surface area contributed by atoms with Gasteiger partial charge in [0.15, 0.2) is 0 Å². The van der Waals surface area contributed by atoms with Gasteiger partial charge in [0.05, 0.1) is 7.57 Å². The molecule has 0 amide bonds. The minimum absolute atomic E-state index is 0.0558. The lowest BCUT2D eigenvalue weighted by molar-refractivity contribution is -0.137. The van der Waals surface area contributed by atoms with Crippen LogP contribution in [0.15, 0.2) is 92.5 Å². The van der Waals surface area contributed by atoms with Crippen molar-refractivity contribution in [3.8, 4) is 51.5 Å². The summed E-state index contributed by atoms with van der Waals surface area (Å²) in [6, 6.07) is 29.7. The quantitative estimate of drug-likeness (QED) is 0.145. The summed E-state index contributed by atoms with van der Waals surface area (Å²) < 4.78 is 2.17. The average Bonchev–Trinajstić information content (AvgIpc) is 3.85. The maximum Gasteiger partial charge on any atom is 0.303 e. The van der Waals surface area contributed by atoms with E-state index in [0.29, 0.717) is 12.8 Å². The zero-order valence-electron chi connectivity index (χ0n) is 23.5.